The second kappa shape index (κ2) is 6.68. The highest BCUT2D eigenvalue weighted by atomic mass is 16.5. The fraction of sp³-hybridized carbons (Fsp3) is 0.158. The van der Waals surface area contributed by atoms with Crippen molar-refractivity contribution in [3.8, 4) is 5.69 Å². The summed E-state index contributed by atoms with van der Waals surface area (Å²) in [7, 11) is 1.53. The van der Waals surface area contributed by atoms with Crippen molar-refractivity contribution in [3.05, 3.63) is 78.6 Å². The van der Waals surface area contributed by atoms with Gasteiger partial charge in [0.2, 0.25) is 0 Å². The average Bonchev–Trinajstić information content (AvgIpc) is 3.11. The largest absolute Gasteiger partial charge is 0.364 e. The molecule has 24 heavy (non-hydrogen) atoms. The summed E-state index contributed by atoms with van der Waals surface area (Å²) in [4.78, 5) is 12.7. The number of aromatic nitrogens is 2. The van der Waals surface area contributed by atoms with E-state index in [-0.39, 0.29) is 5.91 Å². The van der Waals surface area contributed by atoms with Crippen LogP contribution in [0.1, 0.15) is 12.5 Å². The van der Waals surface area contributed by atoms with Crippen molar-refractivity contribution in [2.75, 3.05) is 12.4 Å². The number of hydrogen-bond acceptors (Lipinski definition) is 3. The maximum absolute atomic E-state index is 12.7. The van der Waals surface area contributed by atoms with Gasteiger partial charge in [-0.1, -0.05) is 48.5 Å². The van der Waals surface area contributed by atoms with Gasteiger partial charge >= 0.3 is 0 Å². The van der Waals surface area contributed by atoms with Gasteiger partial charge in [-0.05, 0) is 24.6 Å². The number of para-hydroxylation sites is 1. The highest BCUT2D eigenvalue weighted by Gasteiger charge is 2.35. The van der Waals surface area contributed by atoms with Crippen molar-refractivity contribution >= 4 is 11.6 Å². The number of nitrogens with one attached hydrogen (secondary N) is 1. The number of carbonyl (C=O) groups excluding carboxylic acids is 1. The molecular weight excluding hydrogens is 302 g/mol. The zero-order valence-corrected chi connectivity index (χ0v) is 13.6. The first-order chi connectivity index (χ1) is 11.6. The smallest absolute Gasteiger partial charge is 0.261 e. The van der Waals surface area contributed by atoms with Crippen LogP contribution in [0.15, 0.2) is 73.1 Å². The molecule has 1 N–H and O–H groups in total. The lowest BCUT2D eigenvalue weighted by molar-refractivity contribution is -0.136. The van der Waals surface area contributed by atoms with Crippen LogP contribution in [0.2, 0.25) is 0 Å². The van der Waals surface area contributed by atoms with E-state index in [1.165, 1.54) is 7.11 Å². The number of amides is 1. The quantitative estimate of drug-likeness (QED) is 0.784. The summed E-state index contributed by atoms with van der Waals surface area (Å²) in [5.74, 6) is -0.246. The van der Waals surface area contributed by atoms with E-state index in [4.69, 9.17) is 4.74 Å². The van der Waals surface area contributed by atoms with Crippen molar-refractivity contribution in [3.63, 3.8) is 0 Å². The molecule has 0 aliphatic heterocycles. The first-order valence-corrected chi connectivity index (χ1v) is 7.66. The van der Waals surface area contributed by atoms with E-state index in [0.717, 1.165) is 11.3 Å². The van der Waals surface area contributed by atoms with E-state index in [9.17, 15) is 4.79 Å². The van der Waals surface area contributed by atoms with Gasteiger partial charge in [-0.15, -0.1) is 0 Å². The molecule has 3 aromatic rings. The number of hydrogen-bond donors (Lipinski definition) is 1. The molecule has 0 saturated heterocycles. The highest BCUT2D eigenvalue weighted by molar-refractivity contribution is 5.97. The summed E-state index contributed by atoms with van der Waals surface area (Å²) in [6.07, 6.45) is 3.39. The lowest BCUT2D eigenvalue weighted by Crippen LogP contribution is -2.39. The van der Waals surface area contributed by atoms with Crippen molar-refractivity contribution in [1.29, 1.82) is 0 Å². The third-order valence-corrected chi connectivity index (χ3v) is 4.03. The number of anilines is 1. The fourth-order valence-electron chi connectivity index (χ4n) is 2.46. The number of benzene rings is 2. The number of ether oxygens (including phenoxy) is 1. The van der Waals surface area contributed by atoms with Gasteiger partial charge in [0.25, 0.3) is 5.91 Å². The van der Waals surface area contributed by atoms with Crippen LogP contribution in [0.25, 0.3) is 5.69 Å². The zero-order chi connectivity index (χ0) is 17.0. The standard InChI is InChI=1S/C19H19N3O2/c1-19(24-2,15-9-5-3-6-10-15)18(23)21-16-13-20-22(14-16)17-11-7-4-8-12-17/h3-14H,1-2H3,(H,21,23)/t19-/m0/s1. The van der Waals surface area contributed by atoms with Gasteiger partial charge in [0.15, 0.2) is 5.60 Å². The second-order valence-corrected chi connectivity index (χ2v) is 5.57. The normalized spacial score (nSPS) is 13.2. The first kappa shape index (κ1) is 16.0. The summed E-state index contributed by atoms with van der Waals surface area (Å²) in [6.45, 7) is 1.75. The molecule has 1 aromatic heterocycles. The third-order valence-electron chi connectivity index (χ3n) is 4.03. The molecular formula is C19H19N3O2. The average molecular weight is 321 g/mol. The molecule has 0 unspecified atom stereocenters. The molecule has 5 nitrogen and oxygen atoms in total. The Bertz CT molecular complexity index is 815. The Labute approximate surface area is 140 Å². The van der Waals surface area contributed by atoms with Gasteiger partial charge in [-0.2, -0.15) is 5.10 Å². The van der Waals surface area contributed by atoms with Gasteiger partial charge in [0, 0.05) is 7.11 Å². The Balaban J connectivity index is 1.81. The van der Waals surface area contributed by atoms with Crippen LogP contribution in [-0.2, 0) is 15.1 Å². The maximum Gasteiger partial charge on any atom is 0.261 e. The van der Waals surface area contributed by atoms with Gasteiger partial charge < -0.3 is 10.1 Å². The number of methoxy groups -OCH3 is 1. The van der Waals surface area contributed by atoms with Crippen LogP contribution < -0.4 is 5.32 Å². The molecule has 122 valence electrons. The van der Waals surface area contributed by atoms with E-state index in [1.54, 1.807) is 24.0 Å². The summed E-state index contributed by atoms with van der Waals surface area (Å²) < 4.78 is 7.22. The molecule has 0 bridgehead atoms. The summed E-state index contributed by atoms with van der Waals surface area (Å²) in [5, 5.41) is 7.16. The molecule has 1 amide bonds. The van der Waals surface area contributed by atoms with Gasteiger partial charge in [-0.3, -0.25) is 4.79 Å². The van der Waals surface area contributed by atoms with Gasteiger partial charge in [0.1, 0.15) is 0 Å². The molecule has 2 aromatic carbocycles. The Morgan fingerprint density at radius 3 is 2.33 bits per heavy atom. The van der Waals surface area contributed by atoms with Crippen LogP contribution in [0.5, 0.6) is 0 Å². The summed E-state index contributed by atoms with van der Waals surface area (Å²) in [5.41, 5.74) is 1.26. The molecule has 0 aliphatic rings. The fourth-order valence-corrected chi connectivity index (χ4v) is 2.46. The van der Waals surface area contributed by atoms with Crippen LogP contribution >= 0.6 is 0 Å². The molecule has 5 heteroatoms. The first-order valence-electron chi connectivity index (χ1n) is 7.66. The van der Waals surface area contributed by atoms with Crippen LogP contribution in [0, 0.1) is 0 Å². The minimum atomic E-state index is -1.07. The minimum Gasteiger partial charge on any atom is -0.364 e. The predicted octanol–water partition coefficient (Wildman–Crippen LogP) is 3.37. The SMILES string of the molecule is CO[C@](C)(C(=O)Nc1cnn(-c2ccccc2)c1)c1ccccc1. The highest BCUT2D eigenvalue weighted by Crippen LogP contribution is 2.26. The molecule has 0 fully saturated rings. The number of rotatable bonds is 5. The predicted molar refractivity (Wildman–Crippen MR) is 93.0 cm³/mol. The lowest BCUT2D eigenvalue weighted by Gasteiger charge is -2.27. The van der Waals surface area contributed by atoms with Crippen LogP contribution in [-0.4, -0.2) is 22.8 Å². The molecule has 3 rings (SSSR count). The molecule has 0 aliphatic carbocycles. The topological polar surface area (TPSA) is 56.1 Å². The zero-order valence-electron chi connectivity index (χ0n) is 13.6. The minimum absolute atomic E-state index is 0.246. The Morgan fingerprint density at radius 2 is 1.71 bits per heavy atom. The Morgan fingerprint density at radius 1 is 1.08 bits per heavy atom. The van der Waals surface area contributed by atoms with Crippen LogP contribution in [0.3, 0.4) is 0 Å². The van der Waals surface area contributed by atoms with Crippen LogP contribution in [0.4, 0.5) is 5.69 Å². The van der Waals surface area contributed by atoms with E-state index in [2.05, 4.69) is 10.4 Å². The van der Waals surface area contributed by atoms with E-state index < -0.39 is 5.60 Å². The lowest BCUT2D eigenvalue weighted by atomic mass is 9.94. The summed E-state index contributed by atoms with van der Waals surface area (Å²) in [6, 6.07) is 19.1. The Kier molecular flexibility index (Phi) is 4.44. The molecule has 1 atom stereocenters. The Hall–Kier alpha value is -2.92. The van der Waals surface area contributed by atoms with Crippen molar-refractivity contribution < 1.29 is 9.53 Å². The monoisotopic (exact) mass is 321 g/mol. The van der Waals surface area contributed by atoms with E-state index >= 15 is 0 Å². The maximum atomic E-state index is 12.7. The molecule has 0 saturated carbocycles. The molecule has 0 spiro atoms. The third kappa shape index (κ3) is 3.07. The van der Waals surface area contributed by atoms with Crippen molar-refractivity contribution in [2.45, 2.75) is 12.5 Å². The second-order valence-electron chi connectivity index (χ2n) is 5.57. The van der Waals surface area contributed by atoms with Crippen molar-refractivity contribution in [2.24, 2.45) is 0 Å². The van der Waals surface area contributed by atoms with Gasteiger partial charge in [-0.25, -0.2) is 4.68 Å². The number of carbonyl (C=O) groups is 1. The summed E-state index contributed by atoms with van der Waals surface area (Å²) >= 11 is 0. The molecule has 1 heterocycles. The number of nitrogens with zero attached hydrogens (tertiary/aromatic N) is 2. The van der Waals surface area contributed by atoms with E-state index in [1.807, 2.05) is 60.7 Å². The molecule has 0 radical (unpaired) electrons. The van der Waals surface area contributed by atoms with Gasteiger partial charge in [0.05, 0.1) is 23.8 Å². The van der Waals surface area contributed by atoms with E-state index in [0.29, 0.717) is 5.69 Å². The van der Waals surface area contributed by atoms with Crippen molar-refractivity contribution in [1.82, 2.24) is 9.78 Å².